The zero-order valence-electron chi connectivity index (χ0n) is 15.2. The van der Waals surface area contributed by atoms with Crippen LogP contribution in [0.1, 0.15) is 36.0 Å². The molecule has 144 valence electrons. The van der Waals surface area contributed by atoms with Crippen LogP contribution in [0.15, 0.2) is 23.7 Å². The fourth-order valence-electron chi connectivity index (χ4n) is 3.04. The third-order valence-corrected chi connectivity index (χ3v) is 5.40. The first kappa shape index (κ1) is 19.0. The van der Waals surface area contributed by atoms with Crippen molar-refractivity contribution in [2.24, 2.45) is 0 Å². The van der Waals surface area contributed by atoms with Gasteiger partial charge in [0.25, 0.3) is 5.91 Å². The predicted octanol–water partition coefficient (Wildman–Crippen LogP) is 2.67. The van der Waals surface area contributed by atoms with Crippen molar-refractivity contribution in [2.45, 2.75) is 37.8 Å². The maximum Gasteiger partial charge on any atom is 0.324 e. The van der Waals surface area contributed by atoms with Crippen LogP contribution in [0, 0.1) is 10.1 Å². The van der Waals surface area contributed by atoms with Crippen LogP contribution in [0.4, 0.5) is 16.8 Å². The largest absolute Gasteiger partial charge is 0.363 e. The summed E-state index contributed by atoms with van der Waals surface area (Å²) in [6.45, 7) is 0. The molecule has 0 bridgehead atoms. The number of hydrogen-bond acceptors (Lipinski definition) is 8. The molecule has 10 heteroatoms. The van der Waals surface area contributed by atoms with E-state index in [0.29, 0.717) is 11.5 Å². The maximum atomic E-state index is 12.3. The first-order valence-corrected chi connectivity index (χ1v) is 9.61. The van der Waals surface area contributed by atoms with Gasteiger partial charge in [-0.3, -0.25) is 14.9 Å². The molecule has 2 N–H and O–H groups in total. The molecule has 2 aromatic heterocycles. The zero-order valence-corrected chi connectivity index (χ0v) is 16.0. The van der Waals surface area contributed by atoms with E-state index in [0.717, 1.165) is 42.8 Å². The molecule has 1 aliphatic carbocycles. The van der Waals surface area contributed by atoms with Crippen molar-refractivity contribution in [3.05, 3.63) is 39.4 Å². The van der Waals surface area contributed by atoms with E-state index in [9.17, 15) is 14.9 Å². The van der Waals surface area contributed by atoms with E-state index in [2.05, 4.69) is 20.6 Å². The van der Waals surface area contributed by atoms with Crippen molar-refractivity contribution in [3.8, 4) is 0 Å². The van der Waals surface area contributed by atoms with E-state index in [-0.39, 0.29) is 23.0 Å². The second kappa shape index (κ2) is 8.30. The molecule has 2 aromatic rings. The maximum absolute atomic E-state index is 12.3. The summed E-state index contributed by atoms with van der Waals surface area (Å²) in [5.74, 6) is 1.20. The molecule has 0 saturated heterocycles. The quantitative estimate of drug-likeness (QED) is 0.576. The summed E-state index contributed by atoms with van der Waals surface area (Å²) in [5, 5.41) is 18.6. The molecule has 1 fully saturated rings. The topological polar surface area (TPSA) is 113 Å². The molecule has 2 heterocycles. The molecule has 1 saturated carbocycles. The average Bonchev–Trinajstić information content (AvgIpc) is 3.14. The molecule has 0 aromatic carbocycles. The molecular weight excluding hydrogens is 368 g/mol. The smallest absolute Gasteiger partial charge is 0.324 e. The lowest BCUT2D eigenvalue weighted by Crippen LogP contribution is -2.40. The van der Waals surface area contributed by atoms with Crippen molar-refractivity contribution < 1.29 is 9.72 Å². The van der Waals surface area contributed by atoms with Crippen molar-refractivity contribution in [1.29, 1.82) is 0 Å². The Hall–Kier alpha value is -2.75. The van der Waals surface area contributed by atoms with Gasteiger partial charge in [-0.1, -0.05) is 11.3 Å². The molecule has 0 spiro atoms. The van der Waals surface area contributed by atoms with Gasteiger partial charge in [0, 0.05) is 43.8 Å². The SMILES string of the molecule is CN(C)c1ccnc(N[C@H]2CC[C@@H](NC(=O)c3csc([N+](=O)[O-])c3)CC2)n1. The molecule has 0 radical (unpaired) electrons. The van der Waals surface area contributed by atoms with E-state index in [4.69, 9.17) is 0 Å². The van der Waals surface area contributed by atoms with Crippen LogP contribution in [-0.2, 0) is 0 Å². The highest BCUT2D eigenvalue weighted by molar-refractivity contribution is 7.13. The number of carbonyl (C=O) groups is 1. The van der Waals surface area contributed by atoms with E-state index < -0.39 is 4.92 Å². The van der Waals surface area contributed by atoms with Crippen LogP contribution in [0.25, 0.3) is 0 Å². The Morgan fingerprint density at radius 1 is 1.30 bits per heavy atom. The summed E-state index contributed by atoms with van der Waals surface area (Å²) < 4.78 is 0. The molecule has 0 atom stereocenters. The Morgan fingerprint density at radius 3 is 2.63 bits per heavy atom. The predicted molar refractivity (Wildman–Crippen MR) is 104 cm³/mol. The summed E-state index contributed by atoms with van der Waals surface area (Å²) in [7, 11) is 3.87. The second-order valence-corrected chi connectivity index (χ2v) is 7.62. The van der Waals surface area contributed by atoms with Crippen molar-refractivity contribution in [3.63, 3.8) is 0 Å². The zero-order chi connectivity index (χ0) is 19.4. The number of nitrogens with zero attached hydrogens (tertiary/aromatic N) is 4. The Morgan fingerprint density at radius 2 is 2.00 bits per heavy atom. The number of anilines is 2. The number of hydrogen-bond donors (Lipinski definition) is 2. The summed E-state index contributed by atoms with van der Waals surface area (Å²) >= 11 is 0.965. The van der Waals surface area contributed by atoms with E-state index >= 15 is 0 Å². The van der Waals surface area contributed by atoms with Crippen molar-refractivity contribution in [2.75, 3.05) is 24.3 Å². The number of nitrogens with one attached hydrogen (secondary N) is 2. The van der Waals surface area contributed by atoms with E-state index in [1.54, 1.807) is 6.20 Å². The standard InChI is InChI=1S/C17H22N6O3S/c1-22(2)14-7-8-18-17(21-14)20-13-5-3-12(4-6-13)19-16(24)11-9-15(23(25)26)27-10-11/h7-10,12-13H,3-6H2,1-2H3,(H,19,24)(H,18,20,21)/t12-,13+. The number of nitro groups is 1. The van der Waals surface area contributed by atoms with Crippen LogP contribution >= 0.6 is 11.3 Å². The fraction of sp³-hybridized carbons (Fsp3) is 0.471. The highest BCUT2D eigenvalue weighted by atomic mass is 32.1. The summed E-state index contributed by atoms with van der Waals surface area (Å²) in [5.41, 5.74) is 0.348. The molecule has 3 rings (SSSR count). The Bertz CT molecular complexity index is 817. The van der Waals surface area contributed by atoms with Gasteiger partial charge < -0.3 is 15.5 Å². The minimum absolute atomic E-state index is 0.0204. The van der Waals surface area contributed by atoms with Crippen LogP contribution in [-0.4, -0.2) is 47.0 Å². The molecular formula is C17H22N6O3S. The monoisotopic (exact) mass is 390 g/mol. The van der Waals surface area contributed by atoms with Gasteiger partial charge in [0.1, 0.15) is 5.82 Å². The lowest BCUT2D eigenvalue weighted by Gasteiger charge is -2.29. The number of aromatic nitrogens is 2. The molecule has 0 unspecified atom stereocenters. The Labute approximate surface area is 161 Å². The number of rotatable bonds is 6. The van der Waals surface area contributed by atoms with Gasteiger partial charge >= 0.3 is 5.00 Å². The van der Waals surface area contributed by atoms with Crippen LogP contribution in [0.2, 0.25) is 0 Å². The van der Waals surface area contributed by atoms with Gasteiger partial charge in [0.2, 0.25) is 5.95 Å². The first-order chi connectivity index (χ1) is 12.9. The molecule has 27 heavy (non-hydrogen) atoms. The molecule has 0 aliphatic heterocycles. The third kappa shape index (κ3) is 4.91. The van der Waals surface area contributed by atoms with Crippen molar-refractivity contribution >= 4 is 34.0 Å². The van der Waals surface area contributed by atoms with Gasteiger partial charge in [0.05, 0.1) is 10.5 Å². The van der Waals surface area contributed by atoms with Gasteiger partial charge in [-0.2, -0.15) is 4.98 Å². The lowest BCUT2D eigenvalue weighted by molar-refractivity contribution is -0.380. The third-order valence-electron chi connectivity index (χ3n) is 4.52. The van der Waals surface area contributed by atoms with E-state index in [1.165, 1.54) is 11.4 Å². The van der Waals surface area contributed by atoms with Gasteiger partial charge in [0.15, 0.2) is 0 Å². The van der Waals surface area contributed by atoms with E-state index in [1.807, 2.05) is 25.1 Å². The minimum atomic E-state index is -0.480. The fourth-order valence-corrected chi connectivity index (χ4v) is 3.74. The van der Waals surface area contributed by atoms with Crippen LogP contribution in [0.5, 0.6) is 0 Å². The lowest BCUT2D eigenvalue weighted by atomic mass is 9.91. The molecule has 9 nitrogen and oxygen atoms in total. The van der Waals surface area contributed by atoms with Crippen LogP contribution < -0.4 is 15.5 Å². The Kier molecular flexibility index (Phi) is 5.84. The first-order valence-electron chi connectivity index (χ1n) is 8.73. The number of carbonyl (C=O) groups excluding carboxylic acids is 1. The van der Waals surface area contributed by atoms with Gasteiger partial charge in [-0.25, -0.2) is 4.98 Å². The highest BCUT2D eigenvalue weighted by Gasteiger charge is 2.24. The summed E-state index contributed by atoms with van der Waals surface area (Å²) in [4.78, 5) is 33.2. The average molecular weight is 390 g/mol. The van der Waals surface area contributed by atoms with Gasteiger partial charge in [-0.15, -0.1) is 0 Å². The molecule has 1 amide bonds. The number of thiophene rings is 1. The summed E-state index contributed by atoms with van der Waals surface area (Å²) in [6, 6.07) is 3.51. The van der Waals surface area contributed by atoms with Gasteiger partial charge in [-0.05, 0) is 31.7 Å². The van der Waals surface area contributed by atoms with Crippen molar-refractivity contribution in [1.82, 2.24) is 15.3 Å². The molecule has 1 aliphatic rings. The second-order valence-electron chi connectivity index (χ2n) is 6.73. The normalized spacial score (nSPS) is 19.3. The Balaban J connectivity index is 1.49. The number of amides is 1. The van der Waals surface area contributed by atoms with Crippen LogP contribution in [0.3, 0.4) is 0 Å². The highest BCUT2D eigenvalue weighted by Crippen LogP contribution is 2.24. The minimum Gasteiger partial charge on any atom is -0.363 e. The summed E-state index contributed by atoms with van der Waals surface area (Å²) in [6.07, 6.45) is 5.19.